The number of rotatable bonds is 2. The Hall–Kier alpha value is -1.85. The number of anilines is 1. The normalized spacial score (nSPS) is 22.8. The van der Waals surface area contributed by atoms with Gasteiger partial charge in [-0.15, -0.1) is 12.4 Å². The molecule has 2 aromatic rings. The molecule has 0 amide bonds. The molecule has 128 valence electrons. The maximum atomic E-state index is 10.1. The number of nitrogens with one attached hydrogen (secondary N) is 1. The van der Waals surface area contributed by atoms with Crippen molar-refractivity contribution in [2.45, 2.75) is 25.8 Å². The Morgan fingerprint density at radius 1 is 1.21 bits per heavy atom. The van der Waals surface area contributed by atoms with E-state index >= 15 is 0 Å². The summed E-state index contributed by atoms with van der Waals surface area (Å²) < 4.78 is 0. The summed E-state index contributed by atoms with van der Waals surface area (Å²) in [6.07, 6.45) is 2.56. The van der Waals surface area contributed by atoms with Gasteiger partial charge in [-0.1, -0.05) is 12.1 Å². The number of nitrogens with zero attached hydrogens (tertiary/aromatic N) is 3. The highest BCUT2D eigenvalue weighted by molar-refractivity contribution is 5.85. The SMILES string of the molecule is Cc1cc(N2C[C@@H]3CCCN[C@@H]3C2)nc(-c2ccccc2O)n1.Cl. The van der Waals surface area contributed by atoms with Crippen molar-refractivity contribution in [3.8, 4) is 17.1 Å². The molecule has 2 N–H and O–H groups in total. The lowest BCUT2D eigenvalue weighted by molar-refractivity contribution is 0.340. The number of aromatic nitrogens is 2. The van der Waals surface area contributed by atoms with Crippen molar-refractivity contribution < 1.29 is 5.11 Å². The molecule has 6 heteroatoms. The number of phenols is 1. The third-order valence-electron chi connectivity index (χ3n) is 4.91. The van der Waals surface area contributed by atoms with Gasteiger partial charge in [0.25, 0.3) is 0 Å². The van der Waals surface area contributed by atoms with Crippen LogP contribution in [-0.2, 0) is 0 Å². The zero-order valence-electron chi connectivity index (χ0n) is 13.8. The van der Waals surface area contributed by atoms with Crippen LogP contribution < -0.4 is 10.2 Å². The second-order valence-corrected chi connectivity index (χ2v) is 6.58. The van der Waals surface area contributed by atoms with E-state index in [0.717, 1.165) is 31.1 Å². The number of halogens is 1. The van der Waals surface area contributed by atoms with Crippen molar-refractivity contribution in [1.29, 1.82) is 0 Å². The molecule has 2 fully saturated rings. The van der Waals surface area contributed by atoms with Crippen LogP contribution in [0, 0.1) is 12.8 Å². The molecule has 0 unspecified atom stereocenters. The molecule has 2 aliphatic rings. The highest BCUT2D eigenvalue weighted by atomic mass is 35.5. The van der Waals surface area contributed by atoms with E-state index in [0.29, 0.717) is 23.3 Å². The summed E-state index contributed by atoms with van der Waals surface area (Å²) >= 11 is 0. The Bertz CT molecular complexity index is 710. The number of hydrogen-bond donors (Lipinski definition) is 2. The molecule has 3 heterocycles. The summed E-state index contributed by atoms with van der Waals surface area (Å²) in [4.78, 5) is 11.6. The summed E-state index contributed by atoms with van der Waals surface area (Å²) in [6, 6.07) is 9.86. The van der Waals surface area contributed by atoms with Gasteiger partial charge in [0.1, 0.15) is 11.6 Å². The van der Waals surface area contributed by atoms with Crippen LogP contribution in [0.3, 0.4) is 0 Å². The smallest absolute Gasteiger partial charge is 0.165 e. The Labute approximate surface area is 148 Å². The molecular weight excluding hydrogens is 324 g/mol. The van der Waals surface area contributed by atoms with Gasteiger partial charge in [0, 0.05) is 30.9 Å². The molecule has 24 heavy (non-hydrogen) atoms. The van der Waals surface area contributed by atoms with Crippen molar-refractivity contribution in [2.24, 2.45) is 5.92 Å². The summed E-state index contributed by atoms with van der Waals surface area (Å²) in [5.41, 5.74) is 1.61. The van der Waals surface area contributed by atoms with Crippen molar-refractivity contribution >= 4 is 18.2 Å². The van der Waals surface area contributed by atoms with Crippen LogP contribution >= 0.6 is 12.4 Å². The molecule has 1 aromatic carbocycles. The van der Waals surface area contributed by atoms with Crippen molar-refractivity contribution in [3.05, 3.63) is 36.0 Å². The lowest BCUT2D eigenvalue weighted by Crippen LogP contribution is -2.40. The highest BCUT2D eigenvalue weighted by Crippen LogP contribution is 2.31. The first kappa shape index (κ1) is 17.0. The number of benzene rings is 1. The average Bonchev–Trinajstić information content (AvgIpc) is 2.99. The molecule has 1 aromatic heterocycles. The lowest BCUT2D eigenvalue weighted by Gasteiger charge is -2.24. The molecule has 0 aliphatic carbocycles. The first-order chi connectivity index (χ1) is 11.2. The Kier molecular flexibility index (Phi) is 4.92. The zero-order chi connectivity index (χ0) is 15.8. The standard InChI is InChI=1S/C18H22N4O.ClH/c1-12-9-17(22-10-13-5-4-8-19-15(13)11-22)21-18(20-12)14-6-2-3-7-16(14)23;/h2-3,6-7,9,13,15,19,23H,4-5,8,10-11H2,1H3;1H/t13-,15+;/m0./s1. The minimum Gasteiger partial charge on any atom is -0.507 e. The van der Waals surface area contributed by atoms with Gasteiger partial charge in [-0.2, -0.15) is 0 Å². The van der Waals surface area contributed by atoms with E-state index in [4.69, 9.17) is 4.98 Å². The van der Waals surface area contributed by atoms with E-state index in [-0.39, 0.29) is 18.2 Å². The highest BCUT2D eigenvalue weighted by Gasteiger charge is 2.35. The molecule has 2 saturated heterocycles. The van der Waals surface area contributed by atoms with Crippen molar-refractivity contribution in [2.75, 3.05) is 24.5 Å². The second kappa shape index (κ2) is 6.95. The molecular formula is C18H23ClN4O. The van der Waals surface area contributed by atoms with Crippen LogP contribution in [0.15, 0.2) is 30.3 Å². The molecule has 4 rings (SSSR count). The minimum atomic E-state index is 0. The van der Waals surface area contributed by atoms with E-state index in [1.54, 1.807) is 6.07 Å². The zero-order valence-corrected chi connectivity index (χ0v) is 14.6. The van der Waals surface area contributed by atoms with E-state index in [2.05, 4.69) is 15.2 Å². The van der Waals surface area contributed by atoms with E-state index in [1.165, 1.54) is 12.8 Å². The third kappa shape index (κ3) is 3.19. The lowest BCUT2D eigenvalue weighted by atomic mass is 9.94. The topological polar surface area (TPSA) is 61.3 Å². The summed E-state index contributed by atoms with van der Waals surface area (Å²) in [5.74, 6) is 2.50. The minimum absolute atomic E-state index is 0. The van der Waals surface area contributed by atoms with Gasteiger partial charge >= 0.3 is 0 Å². The van der Waals surface area contributed by atoms with Crippen LogP contribution in [0.5, 0.6) is 5.75 Å². The monoisotopic (exact) mass is 346 g/mol. The number of fused-ring (bicyclic) bond motifs is 1. The number of para-hydroxylation sites is 1. The van der Waals surface area contributed by atoms with Gasteiger partial charge in [0.15, 0.2) is 5.82 Å². The first-order valence-corrected chi connectivity index (χ1v) is 8.33. The van der Waals surface area contributed by atoms with Gasteiger partial charge in [0.2, 0.25) is 0 Å². The predicted octanol–water partition coefficient (Wildman–Crippen LogP) is 2.77. The number of hydrogen-bond acceptors (Lipinski definition) is 5. The fourth-order valence-corrected chi connectivity index (χ4v) is 3.73. The Balaban J connectivity index is 0.00000169. The predicted molar refractivity (Wildman–Crippen MR) is 97.8 cm³/mol. The molecule has 0 spiro atoms. The molecule has 5 nitrogen and oxygen atoms in total. The molecule has 0 radical (unpaired) electrons. The largest absolute Gasteiger partial charge is 0.507 e. The fraction of sp³-hybridized carbons (Fsp3) is 0.444. The maximum Gasteiger partial charge on any atom is 0.165 e. The van der Waals surface area contributed by atoms with Gasteiger partial charge in [-0.05, 0) is 44.4 Å². The third-order valence-corrected chi connectivity index (χ3v) is 4.91. The van der Waals surface area contributed by atoms with Gasteiger partial charge < -0.3 is 15.3 Å². The quantitative estimate of drug-likeness (QED) is 0.875. The molecule has 0 bridgehead atoms. The van der Waals surface area contributed by atoms with Crippen LogP contribution in [-0.4, -0.2) is 40.8 Å². The van der Waals surface area contributed by atoms with Gasteiger partial charge in [0.05, 0.1) is 5.56 Å². The van der Waals surface area contributed by atoms with Crippen molar-refractivity contribution in [3.63, 3.8) is 0 Å². The maximum absolute atomic E-state index is 10.1. The van der Waals surface area contributed by atoms with E-state index < -0.39 is 0 Å². The number of aromatic hydroxyl groups is 1. The number of aryl methyl sites for hydroxylation is 1. The van der Waals surface area contributed by atoms with Crippen LogP contribution in [0.25, 0.3) is 11.4 Å². The fourth-order valence-electron chi connectivity index (χ4n) is 3.73. The summed E-state index contributed by atoms with van der Waals surface area (Å²) in [6.45, 7) is 5.16. The van der Waals surface area contributed by atoms with Crippen LogP contribution in [0.1, 0.15) is 18.5 Å². The Morgan fingerprint density at radius 2 is 2.04 bits per heavy atom. The Morgan fingerprint density at radius 3 is 2.83 bits per heavy atom. The van der Waals surface area contributed by atoms with E-state index in [9.17, 15) is 5.11 Å². The van der Waals surface area contributed by atoms with Crippen LogP contribution in [0.4, 0.5) is 5.82 Å². The number of piperidine rings is 1. The molecule has 2 atom stereocenters. The van der Waals surface area contributed by atoms with Gasteiger partial charge in [-0.3, -0.25) is 0 Å². The van der Waals surface area contributed by atoms with Gasteiger partial charge in [-0.25, -0.2) is 9.97 Å². The van der Waals surface area contributed by atoms with E-state index in [1.807, 2.05) is 31.2 Å². The summed E-state index contributed by atoms with van der Waals surface area (Å²) in [7, 11) is 0. The second-order valence-electron chi connectivity index (χ2n) is 6.58. The molecule has 0 saturated carbocycles. The first-order valence-electron chi connectivity index (χ1n) is 8.33. The number of phenolic OH excluding ortho intramolecular Hbond substituents is 1. The average molecular weight is 347 g/mol. The molecule has 2 aliphatic heterocycles. The van der Waals surface area contributed by atoms with Crippen LogP contribution in [0.2, 0.25) is 0 Å². The van der Waals surface area contributed by atoms with Crippen molar-refractivity contribution in [1.82, 2.24) is 15.3 Å². The summed E-state index contributed by atoms with van der Waals surface area (Å²) in [5, 5.41) is 13.7.